The molecule has 0 spiro atoms. The molecule has 0 fully saturated rings. The highest BCUT2D eigenvalue weighted by atomic mass is 16.5. The van der Waals surface area contributed by atoms with Crippen molar-refractivity contribution < 1.29 is 9.53 Å². The molecule has 0 aliphatic carbocycles. The minimum Gasteiger partial charge on any atom is -0.495 e. The van der Waals surface area contributed by atoms with E-state index in [1.807, 2.05) is 56.3 Å². The highest BCUT2D eigenvalue weighted by Gasteiger charge is 2.18. The van der Waals surface area contributed by atoms with E-state index in [-0.39, 0.29) is 24.4 Å². The smallest absolute Gasteiger partial charge is 0.295 e. The Hall–Kier alpha value is -3.94. The summed E-state index contributed by atoms with van der Waals surface area (Å²) in [5, 5.41) is 12.5. The number of hydrogen-bond donors (Lipinski definition) is 1. The minimum absolute atomic E-state index is 0.0915. The first kappa shape index (κ1) is 20.3. The molecule has 4 aromatic rings. The fraction of sp³-hybridized carbons (Fsp3) is 0.217. The molecule has 2 heterocycles. The van der Waals surface area contributed by atoms with Crippen LogP contribution in [-0.4, -0.2) is 32.6 Å². The Balaban J connectivity index is 1.59. The highest BCUT2D eigenvalue weighted by Crippen LogP contribution is 2.23. The van der Waals surface area contributed by atoms with Crippen molar-refractivity contribution in [1.29, 1.82) is 0 Å². The number of nitrogens with one attached hydrogen (secondary N) is 1. The van der Waals surface area contributed by atoms with E-state index >= 15 is 0 Å². The van der Waals surface area contributed by atoms with E-state index in [1.165, 1.54) is 4.68 Å². The van der Waals surface area contributed by atoms with Crippen LogP contribution in [0, 0.1) is 13.8 Å². The molecule has 0 saturated carbocycles. The molecule has 0 bridgehead atoms. The summed E-state index contributed by atoms with van der Waals surface area (Å²) in [5.41, 5.74) is 3.03. The Morgan fingerprint density at radius 3 is 2.48 bits per heavy atom. The molecule has 2 aromatic carbocycles. The number of carbonyl (C=O) groups excluding carboxylic acids is 1. The number of amides is 1. The fourth-order valence-electron chi connectivity index (χ4n) is 3.62. The lowest BCUT2D eigenvalue weighted by Gasteiger charge is -2.10. The second kappa shape index (κ2) is 8.43. The third kappa shape index (κ3) is 3.92. The number of nitrogens with zero attached hydrogens (tertiary/aromatic N) is 4. The number of carbonyl (C=O) groups is 1. The first-order chi connectivity index (χ1) is 15.0. The van der Waals surface area contributed by atoms with Gasteiger partial charge in [-0.3, -0.25) is 9.59 Å². The van der Waals surface area contributed by atoms with Gasteiger partial charge >= 0.3 is 0 Å². The Kier molecular flexibility index (Phi) is 5.53. The SMILES string of the molecule is COc1ccccc1NC(=O)CCn1nc(C)c2c(C)n(-c3ccccc3)nc2c1=O. The number of rotatable bonds is 6. The van der Waals surface area contributed by atoms with Gasteiger partial charge in [0.2, 0.25) is 5.91 Å². The summed E-state index contributed by atoms with van der Waals surface area (Å²) in [5.74, 6) is 0.340. The summed E-state index contributed by atoms with van der Waals surface area (Å²) >= 11 is 0. The molecule has 0 saturated heterocycles. The van der Waals surface area contributed by atoms with Gasteiger partial charge in [-0.15, -0.1) is 0 Å². The molecule has 0 unspecified atom stereocenters. The van der Waals surface area contributed by atoms with Crippen LogP contribution in [0.3, 0.4) is 0 Å². The second-order valence-corrected chi connectivity index (χ2v) is 7.17. The van der Waals surface area contributed by atoms with E-state index in [0.29, 0.717) is 22.6 Å². The second-order valence-electron chi connectivity index (χ2n) is 7.17. The number of fused-ring (bicyclic) bond motifs is 1. The van der Waals surface area contributed by atoms with E-state index in [4.69, 9.17) is 4.74 Å². The van der Waals surface area contributed by atoms with Gasteiger partial charge in [0.05, 0.1) is 41.8 Å². The minimum atomic E-state index is -0.316. The molecular formula is C23H23N5O3. The van der Waals surface area contributed by atoms with Gasteiger partial charge in [-0.2, -0.15) is 10.2 Å². The molecule has 158 valence electrons. The van der Waals surface area contributed by atoms with Crippen LogP contribution in [0.4, 0.5) is 5.69 Å². The lowest BCUT2D eigenvalue weighted by molar-refractivity contribution is -0.116. The van der Waals surface area contributed by atoms with Gasteiger partial charge < -0.3 is 10.1 Å². The van der Waals surface area contributed by atoms with Crippen molar-refractivity contribution in [2.24, 2.45) is 0 Å². The summed E-state index contributed by atoms with van der Waals surface area (Å²) < 4.78 is 8.31. The molecule has 0 aliphatic heterocycles. The first-order valence-corrected chi connectivity index (χ1v) is 9.95. The van der Waals surface area contributed by atoms with Crippen LogP contribution >= 0.6 is 0 Å². The van der Waals surface area contributed by atoms with Crippen LogP contribution in [-0.2, 0) is 11.3 Å². The summed E-state index contributed by atoms with van der Waals surface area (Å²) in [6.45, 7) is 3.91. The van der Waals surface area contributed by atoms with Gasteiger partial charge in [0.15, 0.2) is 5.52 Å². The van der Waals surface area contributed by atoms with Crippen LogP contribution in [0.2, 0.25) is 0 Å². The van der Waals surface area contributed by atoms with Crippen molar-refractivity contribution in [2.75, 3.05) is 12.4 Å². The first-order valence-electron chi connectivity index (χ1n) is 9.95. The van der Waals surface area contributed by atoms with Crippen molar-refractivity contribution in [3.8, 4) is 11.4 Å². The van der Waals surface area contributed by atoms with E-state index < -0.39 is 0 Å². The Labute approximate surface area is 179 Å². The van der Waals surface area contributed by atoms with Crippen molar-refractivity contribution in [1.82, 2.24) is 19.6 Å². The molecule has 2 aromatic heterocycles. The predicted molar refractivity (Wildman–Crippen MR) is 119 cm³/mol. The number of anilines is 1. The average Bonchev–Trinajstić information content (AvgIpc) is 3.14. The maximum atomic E-state index is 13.0. The zero-order valence-electron chi connectivity index (χ0n) is 17.6. The van der Waals surface area contributed by atoms with Gasteiger partial charge in [0, 0.05) is 6.42 Å². The Bertz CT molecular complexity index is 1310. The average molecular weight is 417 g/mol. The van der Waals surface area contributed by atoms with E-state index in [9.17, 15) is 9.59 Å². The van der Waals surface area contributed by atoms with Crippen LogP contribution in [0.25, 0.3) is 16.6 Å². The van der Waals surface area contributed by atoms with Crippen LogP contribution in [0.1, 0.15) is 17.8 Å². The number of benzene rings is 2. The number of methoxy groups -OCH3 is 1. The monoisotopic (exact) mass is 417 g/mol. The summed E-state index contributed by atoms with van der Waals surface area (Å²) in [7, 11) is 1.54. The van der Waals surface area contributed by atoms with Crippen LogP contribution in [0.5, 0.6) is 5.75 Å². The molecule has 4 rings (SSSR count). The summed E-state index contributed by atoms with van der Waals surface area (Å²) in [4.78, 5) is 25.4. The molecule has 8 nitrogen and oxygen atoms in total. The zero-order chi connectivity index (χ0) is 22.0. The van der Waals surface area contributed by atoms with Crippen molar-refractivity contribution in [3.05, 3.63) is 76.3 Å². The number of aromatic nitrogens is 4. The number of para-hydroxylation sites is 3. The fourth-order valence-corrected chi connectivity index (χ4v) is 3.62. The molecule has 0 atom stereocenters. The Morgan fingerprint density at radius 2 is 1.74 bits per heavy atom. The highest BCUT2D eigenvalue weighted by molar-refractivity contribution is 5.92. The number of ether oxygens (including phenoxy) is 1. The lowest BCUT2D eigenvalue weighted by Crippen LogP contribution is -2.26. The third-order valence-electron chi connectivity index (χ3n) is 5.12. The topological polar surface area (TPSA) is 91.0 Å². The van der Waals surface area contributed by atoms with Crippen molar-refractivity contribution in [2.45, 2.75) is 26.8 Å². The molecule has 8 heteroatoms. The van der Waals surface area contributed by atoms with Crippen molar-refractivity contribution >= 4 is 22.5 Å². The van der Waals surface area contributed by atoms with Gasteiger partial charge in [-0.1, -0.05) is 30.3 Å². The molecule has 31 heavy (non-hydrogen) atoms. The zero-order valence-corrected chi connectivity index (χ0v) is 17.6. The maximum absolute atomic E-state index is 13.0. The Morgan fingerprint density at radius 1 is 1.03 bits per heavy atom. The van der Waals surface area contributed by atoms with Gasteiger partial charge in [0.25, 0.3) is 5.56 Å². The van der Waals surface area contributed by atoms with Gasteiger partial charge in [0.1, 0.15) is 5.75 Å². The van der Waals surface area contributed by atoms with E-state index in [2.05, 4.69) is 15.5 Å². The third-order valence-corrected chi connectivity index (χ3v) is 5.12. The largest absolute Gasteiger partial charge is 0.495 e. The summed E-state index contributed by atoms with van der Waals surface area (Å²) in [6.07, 6.45) is 0.0915. The van der Waals surface area contributed by atoms with Gasteiger partial charge in [-0.05, 0) is 38.1 Å². The van der Waals surface area contributed by atoms with E-state index in [1.54, 1.807) is 23.9 Å². The number of hydrogen-bond acceptors (Lipinski definition) is 5. The molecule has 0 aliphatic rings. The van der Waals surface area contributed by atoms with Crippen molar-refractivity contribution in [3.63, 3.8) is 0 Å². The van der Waals surface area contributed by atoms with Crippen LogP contribution < -0.4 is 15.6 Å². The molecular weight excluding hydrogens is 394 g/mol. The molecule has 0 radical (unpaired) electrons. The quantitative estimate of drug-likeness (QED) is 0.520. The van der Waals surface area contributed by atoms with E-state index in [0.717, 1.165) is 16.8 Å². The maximum Gasteiger partial charge on any atom is 0.295 e. The predicted octanol–water partition coefficient (Wildman–Crippen LogP) is 3.24. The van der Waals surface area contributed by atoms with Gasteiger partial charge in [-0.25, -0.2) is 9.36 Å². The standard InChI is InChI=1S/C23H23N5O3/c1-15-21-16(2)28(17-9-5-4-6-10-17)26-22(21)23(30)27(25-15)14-13-20(29)24-18-11-7-8-12-19(18)31-3/h4-12H,13-14H2,1-3H3,(H,24,29). The normalized spacial score (nSPS) is 10.9. The number of aryl methyl sites for hydroxylation is 3. The summed E-state index contributed by atoms with van der Waals surface area (Å²) in [6, 6.07) is 16.8. The molecule has 1 N–H and O–H groups in total. The van der Waals surface area contributed by atoms with Crippen LogP contribution in [0.15, 0.2) is 59.4 Å². The molecule has 1 amide bonds. The lowest BCUT2D eigenvalue weighted by atomic mass is 10.2.